The molecule has 2 rings (SSSR count). The molecule has 2 amide bonds. The second kappa shape index (κ2) is 6.95. The van der Waals surface area contributed by atoms with Crippen LogP contribution in [0.15, 0.2) is 18.2 Å². The predicted molar refractivity (Wildman–Crippen MR) is 87.5 cm³/mol. The quantitative estimate of drug-likeness (QED) is 0.658. The standard InChI is InChI=1S/C16H23N3O4/c1-3-16(11-20)6-8-18(9-7-16)15(21)17-13-4-5-14(19(22)23)12(2)10-13/h4-5,10,20H,3,6-9,11H2,1-2H3,(H,17,21). The average molecular weight is 321 g/mol. The molecule has 0 aliphatic carbocycles. The highest BCUT2D eigenvalue weighted by Gasteiger charge is 2.33. The van der Waals surface area contributed by atoms with Crippen molar-refractivity contribution in [2.24, 2.45) is 5.41 Å². The van der Waals surface area contributed by atoms with E-state index in [-0.39, 0.29) is 23.7 Å². The number of aliphatic hydroxyl groups is 1. The summed E-state index contributed by atoms with van der Waals surface area (Å²) in [4.78, 5) is 24.4. The summed E-state index contributed by atoms with van der Waals surface area (Å²) in [5, 5.41) is 23.1. The van der Waals surface area contributed by atoms with Gasteiger partial charge in [-0.1, -0.05) is 6.92 Å². The fraction of sp³-hybridized carbons (Fsp3) is 0.562. The van der Waals surface area contributed by atoms with Gasteiger partial charge in [-0.15, -0.1) is 0 Å². The van der Waals surface area contributed by atoms with Gasteiger partial charge in [0.1, 0.15) is 0 Å². The van der Waals surface area contributed by atoms with E-state index in [1.54, 1.807) is 17.9 Å². The van der Waals surface area contributed by atoms with Crippen LogP contribution < -0.4 is 5.32 Å². The maximum atomic E-state index is 12.3. The van der Waals surface area contributed by atoms with Crippen molar-refractivity contribution in [1.29, 1.82) is 0 Å². The number of likely N-dealkylation sites (tertiary alicyclic amines) is 1. The van der Waals surface area contributed by atoms with Gasteiger partial charge in [-0.2, -0.15) is 0 Å². The minimum atomic E-state index is -0.440. The summed E-state index contributed by atoms with van der Waals surface area (Å²) in [6.07, 6.45) is 2.47. The fourth-order valence-corrected chi connectivity index (χ4v) is 2.95. The highest BCUT2D eigenvalue weighted by Crippen LogP contribution is 2.34. The largest absolute Gasteiger partial charge is 0.396 e. The zero-order chi connectivity index (χ0) is 17.0. The Morgan fingerprint density at radius 1 is 1.43 bits per heavy atom. The van der Waals surface area contributed by atoms with Gasteiger partial charge in [0, 0.05) is 37.0 Å². The van der Waals surface area contributed by atoms with Gasteiger partial charge in [0.25, 0.3) is 5.69 Å². The SMILES string of the molecule is CCC1(CO)CCN(C(=O)Nc2ccc([N+](=O)[O-])c(C)c2)CC1. The zero-order valence-corrected chi connectivity index (χ0v) is 13.5. The molecule has 0 aromatic heterocycles. The number of aryl methyl sites for hydroxylation is 1. The molecule has 0 radical (unpaired) electrons. The summed E-state index contributed by atoms with van der Waals surface area (Å²) in [7, 11) is 0. The molecule has 2 N–H and O–H groups in total. The van der Waals surface area contributed by atoms with Crippen LogP contribution in [0.3, 0.4) is 0 Å². The Morgan fingerprint density at radius 2 is 2.09 bits per heavy atom. The van der Waals surface area contributed by atoms with Crippen LogP contribution in [-0.2, 0) is 0 Å². The van der Waals surface area contributed by atoms with Crippen molar-refractivity contribution in [1.82, 2.24) is 4.90 Å². The number of urea groups is 1. The first-order valence-electron chi connectivity index (χ1n) is 7.82. The second-order valence-electron chi connectivity index (χ2n) is 6.19. The van der Waals surface area contributed by atoms with Gasteiger partial charge in [-0.3, -0.25) is 10.1 Å². The number of nitrogens with zero attached hydrogens (tertiary/aromatic N) is 2. The molecule has 1 fully saturated rings. The molecule has 7 nitrogen and oxygen atoms in total. The summed E-state index contributed by atoms with van der Waals surface area (Å²) >= 11 is 0. The first-order valence-corrected chi connectivity index (χ1v) is 7.82. The van der Waals surface area contributed by atoms with E-state index < -0.39 is 4.92 Å². The van der Waals surface area contributed by atoms with Crippen LogP contribution in [0.25, 0.3) is 0 Å². The minimum absolute atomic E-state index is 0.0386. The first kappa shape index (κ1) is 17.2. The minimum Gasteiger partial charge on any atom is -0.396 e. The molecule has 23 heavy (non-hydrogen) atoms. The monoisotopic (exact) mass is 321 g/mol. The molecule has 1 saturated heterocycles. The molecule has 0 spiro atoms. The highest BCUT2D eigenvalue weighted by molar-refractivity contribution is 5.89. The number of hydrogen-bond donors (Lipinski definition) is 2. The van der Waals surface area contributed by atoms with E-state index in [0.717, 1.165) is 19.3 Å². The van der Waals surface area contributed by atoms with Crippen molar-refractivity contribution in [3.05, 3.63) is 33.9 Å². The second-order valence-corrected chi connectivity index (χ2v) is 6.19. The number of hydrogen-bond acceptors (Lipinski definition) is 4. The van der Waals surface area contributed by atoms with Crippen LogP contribution in [-0.4, -0.2) is 40.7 Å². The smallest absolute Gasteiger partial charge is 0.321 e. The number of rotatable bonds is 4. The first-order chi connectivity index (χ1) is 10.9. The van der Waals surface area contributed by atoms with Gasteiger partial charge in [0.05, 0.1) is 4.92 Å². The third kappa shape index (κ3) is 3.79. The van der Waals surface area contributed by atoms with E-state index in [0.29, 0.717) is 24.3 Å². The van der Waals surface area contributed by atoms with Gasteiger partial charge in [-0.05, 0) is 43.7 Å². The lowest BCUT2D eigenvalue weighted by Crippen LogP contribution is -2.46. The van der Waals surface area contributed by atoms with E-state index >= 15 is 0 Å². The van der Waals surface area contributed by atoms with Gasteiger partial charge >= 0.3 is 6.03 Å². The van der Waals surface area contributed by atoms with Gasteiger partial charge in [0.2, 0.25) is 0 Å². The fourth-order valence-electron chi connectivity index (χ4n) is 2.95. The maximum Gasteiger partial charge on any atom is 0.321 e. The van der Waals surface area contributed by atoms with E-state index in [9.17, 15) is 20.0 Å². The molecule has 126 valence electrons. The molecule has 0 bridgehead atoms. The summed E-state index contributed by atoms with van der Waals surface area (Å²) in [5.41, 5.74) is 1.03. The summed E-state index contributed by atoms with van der Waals surface area (Å²) < 4.78 is 0. The van der Waals surface area contributed by atoms with Crippen LogP contribution in [0.5, 0.6) is 0 Å². The van der Waals surface area contributed by atoms with Crippen LogP contribution in [0.1, 0.15) is 31.7 Å². The third-order valence-electron chi connectivity index (χ3n) is 4.84. The van der Waals surface area contributed by atoms with Crippen LogP contribution >= 0.6 is 0 Å². The number of anilines is 1. The highest BCUT2D eigenvalue weighted by atomic mass is 16.6. The number of piperidine rings is 1. The molecule has 1 aliphatic rings. The van der Waals surface area contributed by atoms with E-state index in [4.69, 9.17) is 0 Å². The molecule has 0 atom stereocenters. The average Bonchev–Trinajstić information content (AvgIpc) is 2.54. The Labute approximate surface area is 135 Å². The Kier molecular flexibility index (Phi) is 5.20. The van der Waals surface area contributed by atoms with E-state index in [1.807, 2.05) is 0 Å². The topological polar surface area (TPSA) is 95.7 Å². The predicted octanol–water partition coefficient (Wildman–Crippen LogP) is 2.92. The van der Waals surface area contributed by atoms with Gasteiger partial charge in [0.15, 0.2) is 0 Å². The summed E-state index contributed by atoms with van der Waals surface area (Å²) in [6.45, 7) is 5.07. The number of carbonyl (C=O) groups excluding carboxylic acids is 1. The van der Waals surface area contributed by atoms with E-state index in [2.05, 4.69) is 12.2 Å². The number of carbonyl (C=O) groups is 1. The van der Waals surface area contributed by atoms with Crippen molar-refractivity contribution in [3.8, 4) is 0 Å². The molecule has 0 unspecified atom stereocenters. The summed E-state index contributed by atoms with van der Waals surface area (Å²) in [6, 6.07) is 4.33. The Bertz CT molecular complexity index is 589. The normalized spacial score (nSPS) is 16.9. The summed E-state index contributed by atoms with van der Waals surface area (Å²) in [5.74, 6) is 0. The van der Waals surface area contributed by atoms with Crippen molar-refractivity contribution >= 4 is 17.4 Å². The number of nitro benzene ring substituents is 1. The molecule has 0 saturated carbocycles. The Morgan fingerprint density at radius 3 is 2.57 bits per heavy atom. The number of aliphatic hydroxyl groups excluding tert-OH is 1. The lowest BCUT2D eigenvalue weighted by atomic mass is 9.77. The molecule has 1 aliphatic heterocycles. The lowest BCUT2D eigenvalue weighted by Gasteiger charge is -2.40. The van der Waals surface area contributed by atoms with Crippen molar-refractivity contribution in [3.63, 3.8) is 0 Å². The molecular formula is C16H23N3O4. The van der Waals surface area contributed by atoms with Crippen LogP contribution in [0.4, 0.5) is 16.2 Å². The maximum absolute atomic E-state index is 12.3. The number of amides is 2. The van der Waals surface area contributed by atoms with Gasteiger partial charge < -0.3 is 15.3 Å². The zero-order valence-electron chi connectivity index (χ0n) is 13.5. The number of nitrogens with one attached hydrogen (secondary N) is 1. The van der Waals surface area contributed by atoms with Crippen LogP contribution in [0.2, 0.25) is 0 Å². The molecule has 1 aromatic carbocycles. The Hall–Kier alpha value is -2.15. The number of benzene rings is 1. The van der Waals surface area contributed by atoms with E-state index in [1.165, 1.54) is 12.1 Å². The van der Waals surface area contributed by atoms with Crippen LogP contribution in [0, 0.1) is 22.5 Å². The van der Waals surface area contributed by atoms with Crippen molar-refractivity contribution in [2.75, 3.05) is 25.0 Å². The van der Waals surface area contributed by atoms with Gasteiger partial charge in [-0.25, -0.2) is 4.79 Å². The van der Waals surface area contributed by atoms with Crippen molar-refractivity contribution < 1.29 is 14.8 Å². The molecule has 7 heteroatoms. The molecule has 1 aromatic rings. The number of nitro groups is 1. The molecular weight excluding hydrogens is 298 g/mol. The third-order valence-corrected chi connectivity index (χ3v) is 4.84. The molecule has 1 heterocycles. The van der Waals surface area contributed by atoms with Crippen molar-refractivity contribution in [2.45, 2.75) is 33.1 Å². The Balaban J connectivity index is 1.98. The lowest BCUT2D eigenvalue weighted by molar-refractivity contribution is -0.385.